The van der Waals surface area contributed by atoms with Gasteiger partial charge < -0.3 is 9.47 Å². The van der Waals surface area contributed by atoms with Crippen molar-refractivity contribution < 1.29 is 14.3 Å². The summed E-state index contributed by atoms with van der Waals surface area (Å²) in [7, 11) is 1.47. The molecule has 2 heterocycles. The molecule has 2 aromatic heterocycles. The van der Waals surface area contributed by atoms with E-state index < -0.39 is 5.97 Å². The van der Waals surface area contributed by atoms with Crippen molar-refractivity contribution in [2.75, 3.05) is 7.11 Å². The average Bonchev–Trinajstić information content (AvgIpc) is 2.80. The zero-order valence-electron chi connectivity index (χ0n) is 16.9. The van der Waals surface area contributed by atoms with Crippen molar-refractivity contribution in [1.29, 1.82) is 0 Å². The molecule has 4 aromatic rings. The largest absolute Gasteiger partial charge is 0.493 e. The van der Waals surface area contributed by atoms with Crippen LogP contribution >= 0.6 is 0 Å². The summed E-state index contributed by atoms with van der Waals surface area (Å²) in [6.07, 6.45) is 4.51. The van der Waals surface area contributed by atoms with Crippen LogP contribution in [0.15, 0.2) is 76.9 Å². The third-order valence-corrected chi connectivity index (χ3v) is 4.53. The van der Waals surface area contributed by atoms with E-state index in [1.165, 1.54) is 24.2 Å². The normalized spacial score (nSPS) is 11.0. The first-order valence-electron chi connectivity index (χ1n) is 9.40. The van der Waals surface area contributed by atoms with E-state index in [0.29, 0.717) is 33.6 Å². The zero-order valence-corrected chi connectivity index (χ0v) is 16.9. The Balaban J connectivity index is 1.61. The Morgan fingerprint density at radius 2 is 1.94 bits per heavy atom. The van der Waals surface area contributed by atoms with Gasteiger partial charge in [-0.15, -0.1) is 0 Å². The highest BCUT2D eigenvalue weighted by Crippen LogP contribution is 2.28. The lowest BCUT2D eigenvalue weighted by Crippen LogP contribution is -2.20. The van der Waals surface area contributed by atoms with E-state index in [1.807, 2.05) is 6.07 Å². The number of ether oxygens (including phenoxy) is 2. The number of para-hydroxylation sites is 1. The summed E-state index contributed by atoms with van der Waals surface area (Å²) in [5.41, 5.74) is 1.34. The molecule has 4 rings (SSSR count). The number of benzene rings is 2. The van der Waals surface area contributed by atoms with Crippen LogP contribution in [0, 0.1) is 6.92 Å². The van der Waals surface area contributed by atoms with Gasteiger partial charge in [0, 0.05) is 12.4 Å². The minimum absolute atomic E-state index is 0.256. The molecule has 0 fully saturated rings. The highest BCUT2D eigenvalue weighted by Gasteiger charge is 2.13. The molecular weight excluding hydrogens is 396 g/mol. The molecule has 0 bridgehead atoms. The third-order valence-electron chi connectivity index (χ3n) is 4.53. The zero-order chi connectivity index (χ0) is 21.8. The Morgan fingerprint density at radius 3 is 2.71 bits per heavy atom. The van der Waals surface area contributed by atoms with Gasteiger partial charge in [0.25, 0.3) is 5.56 Å². The Labute approximate surface area is 177 Å². The molecule has 0 aliphatic carbocycles. The van der Waals surface area contributed by atoms with Crippen molar-refractivity contribution in [2.24, 2.45) is 5.10 Å². The van der Waals surface area contributed by atoms with E-state index in [0.717, 1.165) is 0 Å². The maximum absolute atomic E-state index is 12.7. The fourth-order valence-electron chi connectivity index (χ4n) is 2.99. The van der Waals surface area contributed by atoms with Gasteiger partial charge in [0.15, 0.2) is 11.5 Å². The molecule has 0 aliphatic rings. The minimum Gasteiger partial charge on any atom is -0.493 e. The number of carbonyl (C=O) groups is 1. The maximum Gasteiger partial charge on any atom is 0.345 e. The third kappa shape index (κ3) is 4.18. The van der Waals surface area contributed by atoms with Crippen LogP contribution in [-0.4, -0.2) is 33.9 Å². The van der Waals surface area contributed by atoms with Gasteiger partial charge in [-0.25, -0.2) is 9.78 Å². The number of hydrogen-bond acceptors (Lipinski definition) is 7. The van der Waals surface area contributed by atoms with E-state index >= 15 is 0 Å². The van der Waals surface area contributed by atoms with Crippen LogP contribution in [0.5, 0.6) is 11.5 Å². The number of pyridine rings is 1. The van der Waals surface area contributed by atoms with Gasteiger partial charge >= 0.3 is 5.97 Å². The molecule has 0 N–H and O–H groups in total. The first kappa shape index (κ1) is 20.0. The second-order valence-electron chi connectivity index (χ2n) is 6.58. The molecule has 0 saturated carbocycles. The molecule has 0 amide bonds. The van der Waals surface area contributed by atoms with Crippen LogP contribution in [0.4, 0.5) is 0 Å². The number of hydrogen-bond donors (Lipinski definition) is 0. The lowest BCUT2D eigenvalue weighted by molar-refractivity contribution is 0.0729. The second kappa shape index (κ2) is 8.58. The van der Waals surface area contributed by atoms with E-state index in [9.17, 15) is 9.59 Å². The predicted octanol–water partition coefficient (Wildman–Crippen LogP) is 3.21. The molecule has 2 aromatic carbocycles. The summed E-state index contributed by atoms with van der Waals surface area (Å²) in [5, 5.41) is 4.77. The van der Waals surface area contributed by atoms with Gasteiger partial charge in [-0.05, 0) is 55.0 Å². The number of nitrogens with zero attached hydrogens (tertiary/aromatic N) is 4. The molecule has 31 heavy (non-hydrogen) atoms. The Hall–Kier alpha value is -4.33. The monoisotopic (exact) mass is 414 g/mol. The highest BCUT2D eigenvalue weighted by atomic mass is 16.6. The molecular formula is C23H18N4O4. The standard InChI is InChI=1S/C23H18N4O4/c1-15-26-19-8-4-3-7-18(19)22(28)27(15)25-13-16-9-10-20(21(12-16)30-2)31-23(29)17-6-5-11-24-14-17/h3-14H,1-2H3/b25-13+. The van der Waals surface area contributed by atoms with Crippen molar-refractivity contribution >= 4 is 23.1 Å². The summed E-state index contributed by atoms with van der Waals surface area (Å²) >= 11 is 0. The van der Waals surface area contributed by atoms with E-state index in [-0.39, 0.29) is 11.3 Å². The van der Waals surface area contributed by atoms with Crippen molar-refractivity contribution in [3.05, 3.63) is 94.3 Å². The maximum atomic E-state index is 12.7. The summed E-state index contributed by atoms with van der Waals surface area (Å²) in [5.74, 6) is 0.530. The van der Waals surface area contributed by atoms with Crippen molar-refractivity contribution in [2.45, 2.75) is 6.92 Å². The van der Waals surface area contributed by atoms with E-state index in [4.69, 9.17) is 9.47 Å². The van der Waals surface area contributed by atoms with Crippen LogP contribution in [0.2, 0.25) is 0 Å². The molecule has 0 radical (unpaired) electrons. The van der Waals surface area contributed by atoms with Crippen LogP contribution in [-0.2, 0) is 0 Å². The lowest BCUT2D eigenvalue weighted by Gasteiger charge is -2.10. The quantitative estimate of drug-likeness (QED) is 0.283. The SMILES string of the molecule is COc1cc(/C=N/n2c(C)nc3ccccc3c2=O)ccc1OC(=O)c1cccnc1. The minimum atomic E-state index is -0.544. The Morgan fingerprint density at radius 1 is 1.10 bits per heavy atom. The van der Waals surface area contributed by atoms with Crippen LogP contribution < -0.4 is 15.0 Å². The van der Waals surface area contributed by atoms with Crippen LogP contribution in [0.1, 0.15) is 21.7 Å². The smallest absolute Gasteiger partial charge is 0.345 e. The molecule has 0 atom stereocenters. The topological polar surface area (TPSA) is 95.7 Å². The van der Waals surface area contributed by atoms with Gasteiger partial charge in [0.05, 0.1) is 29.8 Å². The van der Waals surface area contributed by atoms with Crippen molar-refractivity contribution in [3.63, 3.8) is 0 Å². The second-order valence-corrected chi connectivity index (χ2v) is 6.58. The van der Waals surface area contributed by atoms with Crippen LogP contribution in [0.3, 0.4) is 0 Å². The van der Waals surface area contributed by atoms with Gasteiger partial charge in [-0.1, -0.05) is 12.1 Å². The van der Waals surface area contributed by atoms with Crippen molar-refractivity contribution in [1.82, 2.24) is 14.6 Å². The predicted molar refractivity (Wildman–Crippen MR) is 116 cm³/mol. The Kier molecular flexibility index (Phi) is 5.53. The summed E-state index contributed by atoms with van der Waals surface area (Å²) < 4.78 is 12.0. The molecule has 0 aliphatic heterocycles. The van der Waals surface area contributed by atoms with Gasteiger partial charge in [0.2, 0.25) is 0 Å². The molecule has 8 nitrogen and oxygen atoms in total. The fraction of sp³-hybridized carbons (Fsp3) is 0.0870. The number of aryl methyl sites for hydroxylation is 1. The van der Waals surface area contributed by atoms with Gasteiger partial charge in [-0.2, -0.15) is 9.78 Å². The van der Waals surface area contributed by atoms with Crippen LogP contribution in [0.25, 0.3) is 10.9 Å². The molecule has 8 heteroatoms. The number of aromatic nitrogens is 3. The highest BCUT2D eigenvalue weighted by molar-refractivity contribution is 5.91. The fourth-order valence-corrected chi connectivity index (χ4v) is 2.99. The average molecular weight is 414 g/mol. The summed E-state index contributed by atoms with van der Waals surface area (Å²) in [6.45, 7) is 1.72. The molecule has 0 saturated heterocycles. The first-order valence-corrected chi connectivity index (χ1v) is 9.40. The molecule has 154 valence electrons. The van der Waals surface area contributed by atoms with Gasteiger partial charge in [-0.3, -0.25) is 9.78 Å². The molecule has 0 unspecified atom stereocenters. The first-order chi connectivity index (χ1) is 15.1. The Bertz CT molecular complexity index is 1350. The van der Waals surface area contributed by atoms with E-state index in [2.05, 4.69) is 15.1 Å². The lowest BCUT2D eigenvalue weighted by atomic mass is 10.2. The summed E-state index contributed by atoms with van der Waals surface area (Å²) in [6, 6.07) is 15.3. The number of methoxy groups -OCH3 is 1. The molecule has 0 spiro atoms. The summed E-state index contributed by atoms with van der Waals surface area (Å²) in [4.78, 5) is 33.3. The number of esters is 1. The van der Waals surface area contributed by atoms with Crippen molar-refractivity contribution in [3.8, 4) is 11.5 Å². The van der Waals surface area contributed by atoms with E-state index in [1.54, 1.807) is 61.7 Å². The van der Waals surface area contributed by atoms with Gasteiger partial charge in [0.1, 0.15) is 5.82 Å². The number of carbonyl (C=O) groups excluding carboxylic acids is 1. The number of fused-ring (bicyclic) bond motifs is 1. The number of rotatable bonds is 5.